The molecule has 0 saturated heterocycles. The molecule has 0 unspecified atom stereocenters. The predicted octanol–water partition coefficient (Wildman–Crippen LogP) is 7.05. The van der Waals surface area contributed by atoms with Crippen molar-refractivity contribution in [1.29, 1.82) is 0 Å². The van der Waals surface area contributed by atoms with E-state index < -0.39 is 0 Å². The lowest BCUT2D eigenvalue weighted by molar-refractivity contribution is -0.114. The van der Waals surface area contributed by atoms with Gasteiger partial charge in [0.25, 0.3) is 11.8 Å². The van der Waals surface area contributed by atoms with Crippen LogP contribution in [0.5, 0.6) is 0 Å². The minimum absolute atomic E-state index is 0.0456. The number of rotatable bonds is 6. The summed E-state index contributed by atoms with van der Waals surface area (Å²) in [5.74, 6) is -0.572. The molecule has 1 heterocycles. The fourth-order valence-electron chi connectivity index (χ4n) is 4.33. The molecule has 0 bridgehead atoms. The van der Waals surface area contributed by atoms with Gasteiger partial charge in [-0.25, -0.2) is 4.39 Å². The Morgan fingerprint density at radius 1 is 0.947 bits per heavy atom. The Hall–Kier alpha value is -4.16. The molecule has 4 aromatic rings. The number of carbonyl (C=O) groups excluding carboxylic acids is 2. The fourth-order valence-corrected chi connectivity index (χ4v) is 5.39. The second-order valence-corrected chi connectivity index (χ2v) is 10.4. The van der Waals surface area contributed by atoms with E-state index in [1.54, 1.807) is 24.3 Å². The van der Waals surface area contributed by atoms with Crippen LogP contribution in [-0.2, 0) is 17.9 Å². The van der Waals surface area contributed by atoms with Crippen LogP contribution in [-0.4, -0.2) is 11.8 Å². The highest BCUT2D eigenvalue weighted by Gasteiger charge is 2.29. The van der Waals surface area contributed by atoms with Gasteiger partial charge >= 0.3 is 0 Å². The summed E-state index contributed by atoms with van der Waals surface area (Å²) in [6, 6.07) is 27.5. The Bertz CT molecular complexity index is 1530. The number of benzene rings is 4. The van der Waals surface area contributed by atoms with Crippen molar-refractivity contribution in [2.75, 3.05) is 4.90 Å². The molecule has 0 radical (unpaired) electrons. The molecular weight excluding hydrogens is 495 g/mol. The van der Waals surface area contributed by atoms with Crippen molar-refractivity contribution in [1.82, 2.24) is 5.32 Å². The molecule has 1 N–H and O–H groups in total. The first-order valence-corrected chi connectivity index (χ1v) is 13.2. The molecule has 1 aliphatic heterocycles. The van der Waals surface area contributed by atoms with Crippen molar-refractivity contribution in [3.63, 3.8) is 0 Å². The maximum atomic E-state index is 13.7. The van der Waals surface area contributed by atoms with Crippen LogP contribution in [0.3, 0.4) is 0 Å². The number of nitrogens with zero attached hydrogens (tertiary/aromatic N) is 1. The molecule has 38 heavy (non-hydrogen) atoms. The van der Waals surface area contributed by atoms with Crippen LogP contribution in [0.25, 0.3) is 6.08 Å². The molecule has 0 aromatic heterocycles. The Morgan fingerprint density at radius 3 is 2.45 bits per heavy atom. The number of amides is 2. The maximum Gasteiger partial charge on any atom is 0.265 e. The SMILES string of the molecule is Cc1ccc(C)c(CN2C(=O)/C(=C/c3ccc(C(=O)NCc4ccc(F)cc4)cc3)Sc3ccccc32)c1. The smallest absolute Gasteiger partial charge is 0.265 e. The number of nitrogens with one attached hydrogen (secondary N) is 1. The lowest BCUT2D eigenvalue weighted by Crippen LogP contribution is -2.34. The monoisotopic (exact) mass is 522 g/mol. The summed E-state index contributed by atoms with van der Waals surface area (Å²) in [6.07, 6.45) is 1.87. The van der Waals surface area contributed by atoms with Crippen LogP contribution in [0.1, 0.15) is 38.2 Å². The Morgan fingerprint density at radius 2 is 1.68 bits per heavy atom. The molecule has 4 aromatic carbocycles. The van der Waals surface area contributed by atoms with E-state index in [1.807, 2.05) is 47.4 Å². The molecule has 5 rings (SSSR count). The van der Waals surface area contributed by atoms with E-state index in [0.29, 0.717) is 23.6 Å². The van der Waals surface area contributed by atoms with Gasteiger partial charge in [0.1, 0.15) is 5.82 Å². The van der Waals surface area contributed by atoms with Crippen molar-refractivity contribution < 1.29 is 14.0 Å². The minimum Gasteiger partial charge on any atom is -0.348 e. The highest BCUT2D eigenvalue weighted by Crippen LogP contribution is 2.42. The third-order valence-electron chi connectivity index (χ3n) is 6.50. The zero-order chi connectivity index (χ0) is 26.6. The number of anilines is 1. The molecule has 0 saturated carbocycles. The lowest BCUT2D eigenvalue weighted by atomic mass is 10.0. The van der Waals surface area contributed by atoms with Gasteiger partial charge in [-0.2, -0.15) is 0 Å². The van der Waals surface area contributed by atoms with Crippen LogP contribution in [0.2, 0.25) is 0 Å². The van der Waals surface area contributed by atoms with E-state index in [9.17, 15) is 14.0 Å². The third kappa shape index (κ3) is 5.71. The van der Waals surface area contributed by atoms with Gasteiger partial charge in [-0.1, -0.05) is 71.9 Å². The molecule has 4 nitrogen and oxygen atoms in total. The van der Waals surface area contributed by atoms with Crippen molar-refractivity contribution in [2.45, 2.75) is 31.8 Å². The highest BCUT2D eigenvalue weighted by molar-refractivity contribution is 8.04. The van der Waals surface area contributed by atoms with E-state index >= 15 is 0 Å². The molecule has 6 heteroatoms. The standard InChI is InChI=1S/C32H27FN2O2S/c1-21-7-8-22(2)26(17-21)20-35-28-5-3-4-6-29(28)38-30(32(35)37)18-23-9-13-25(14-10-23)31(36)34-19-24-11-15-27(33)16-12-24/h3-18H,19-20H2,1-2H3,(H,34,36)/b30-18-. The van der Waals surface area contributed by atoms with Gasteiger partial charge in [-0.15, -0.1) is 0 Å². The van der Waals surface area contributed by atoms with Crippen molar-refractivity contribution in [3.8, 4) is 0 Å². The van der Waals surface area contributed by atoms with Crippen molar-refractivity contribution in [2.24, 2.45) is 0 Å². The summed E-state index contributed by atoms with van der Waals surface area (Å²) in [5, 5.41) is 2.85. The molecule has 0 aliphatic carbocycles. The third-order valence-corrected chi connectivity index (χ3v) is 7.58. The lowest BCUT2D eigenvalue weighted by Gasteiger charge is -2.31. The predicted molar refractivity (Wildman–Crippen MR) is 151 cm³/mol. The average Bonchev–Trinajstić information content (AvgIpc) is 2.93. The van der Waals surface area contributed by atoms with Gasteiger partial charge in [0.2, 0.25) is 0 Å². The summed E-state index contributed by atoms with van der Waals surface area (Å²) in [4.78, 5) is 29.7. The average molecular weight is 523 g/mol. The number of halogens is 1. The molecule has 0 spiro atoms. The maximum absolute atomic E-state index is 13.7. The summed E-state index contributed by atoms with van der Waals surface area (Å²) in [5.41, 5.74) is 6.51. The number of thioether (sulfide) groups is 1. The zero-order valence-corrected chi connectivity index (χ0v) is 22.0. The van der Waals surface area contributed by atoms with Gasteiger partial charge in [-0.3, -0.25) is 9.59 Å². The van der Waals surface area contributed by atoms with Gasteiger partial charge in [0.15, 0.2) is 0 Å². The van der Waals surface area contributed by atoms with E-state index in [-0.39, 0.29) is 17.6 Å². The van der Waals surface area contributed by atoms with Crippen molar-refractivity contribution in [3.05, 3.63) is 135 Å². The molecule has 0 atom stereocenters. The summed E-state index contributed by atoms with van der Waals surface area (Å²) < 4.78 is 13.1. The number of aryl methyl sites for hydroxylation is 2. The summed E-state index contributed by atoms with van der Waals surface area (Å²) in [7, 11) is 0. The van der Waals surface area contributed by atoms with Gasteiger partial charge in [-0.05, 0) is 78.6 Å². The molecular formula is C32H27FN2O2S. The van der Waals surface area contributed by atoms with E-state index in [4.69, 9.17) is 0 Å². The fraction of sp³-hybridized carbons (Fsp3) is 0.125. The summed E-state index contributed by atoms with van der Waals surface area (Å²) in [6.45, 7) is 4.93. The molecule has 2 amide bonds. The second-order valence-electron chi connectivity index (χ2n) is 9.33. The summed E-state index contributed by atoms with van der Waals surface area (Å²) >= 11 is 1.46. The first-order chi connectivity index (χ1) is 18.4. The van der Waals surface area contributed by atoms with E-state index in [2.05, 4.69) is 37.4 Å². The van der Waals surface area contributed by atoms with Crippen LogP contribution < -0.4 is 10.2 Å². The quantitative estimate of drug-likeness (QED) is 0.276. The molecule has 0 fully saturated rings. The highest BCUT2D eigenvalue weighted by atomic mass is 32.2. The van der Waals surface area contributed by atoms with E-state index in [1.165, 1.54) is 23.9 Å². The van der Waals surface area contributed by atoms with Gasteiger partial charge in [0.05, 0.1) is 17.1 Å². The van der Waals surface area contributed by atoms with Crippen LogP contribution in [0.4, 0.5) is 10.1 Å². The van der Waals surface area contributed by atoms with Crippen LogP contribution >= 0.6 is 11.8 Å². The minimum atomic E-state index is -0.309. The number of fused-ring (bicyclic) bond motifs is 1. The zero-order valence-electron chi connectivity index (χ0n) is 21.2. The molecule has 1 aliphatic rings. The Labute approximate surface area is 226 Å². The number of hydrogen-bond donors (Lipinski definition) is 1. The van der Waals surface area contributed by atoms with Gasteiger partial charge < -0.3 is 10.2 Å². The van der Waals surface area contributed by atoms with Crippen molar-refractivity contribution >= 4 is 35.3 Å². The molecule has 190 valence electrons. The first kappa shape index (κ1) is 25.5. The number of carbonyl (C=O) groups is 2. The van der Waals surface area contributed by atoms with Crippen LogP contribution in [0, 0.1) is 19.7 Å². The Balaban J connectivity index is 1.34. The van der Waals surface area contributed by atoms with Crippen LogP contribution in [0.15, 0.2) is 101 Å². The topological polar surface area (TPSA) is 49.4 Å². The second kappa shape index (κ2) is 11.1. The number of hydrogen-bond acceptors (Lipinski definition) is 3. The van der Waals surface area contributed by atoms with E-state index in [0.717, 1.165) is 38.4 Å². The number of para-hydroxylation sites is 1. The largest absolute Gasteiger partial charge is 0.348 e. The normalized spacial score (nSPS) is 13.9. The first-order valence-electron chi connectivity index (χ1n) is 12.4. The Kier molecular flexibility index (Phi) is 7.43. The van der Waals surface area contributed by atoms with Gasteiger partial charge in [0, 0.05) is 17.0 Å².